The van der Waals surface area contributed by atoms with E-state index in [1.54, 1.807) is 7.11 Å². The largest absolute Gasteiger partial charge is 0.496 e. The van der Waals surface area contributed by atoms with E-state index in [0.717, 1.165) is 34.0 Å². The first-order chi connectivity index (χ1) is 14.5. The highest BCUT2D eigenvalue weighted by atomic mass is 32.1. The summed E-state index contributed by atoms with van der Waals surface area (Å²) in [5, 5.41) is 7.94. The second-order valence-electron chi connectivity index (χ2n) is 7.12. The van der Waals surface area contributed by atoms with Crippen LogP contribution in [0.3, 0.4) is 0 Å². The number of anilines is 1. The van der Waals surface area contributed by atoms with Gasteiger partial charge < -0.3 is 10.1 Å². The maximum absolute atomic E-state index is 12.9. The summed E-state index contributed by atoms with van der Waals surface area (Å²) < 4.78 is 7.47. The van der Waals surface area contributed by atoms with Gasteiger partial charge in [-0.25, -0.2) is 0 Å². The summed E-state index contributed by atoms with van der Waals surface area (Å²) >= 11 is 5.38. The number of para-hydroxylation sites is 1. The quantitative estimate of drug-likeness (QED) is 0.504. The summed E-state index contributed by atoms with van der Waals surface area (Å²) in [5.74, 6) is 0.596. The van der Waals surface area contributed by atoms with Crippen LogP contribution < -0.4 is 15.0 Å². The lowest BCUT2D eigenvalue weighted by Gasteiger charge is -2.13. The average Bonchev–Trinajstić information content (AvgIpc) is 3.19. The van der Waals surface area contributed by atoms with Gasteiger partial charge in [0.2, 0.25) is 0 Å². The molecule has 0 radical (unpaired) electrons. The van der Waals surface area contributed by atoms with Gasteiger partial charge in [0.15, 0.2) is 5.11 Å². The normalized spacial score (nSPS) is 15.0. The average molecular weight is 419 g/mol. The first-order valence-corrected chi connectivity index (χ1v) is 9.97. The third kappa shape index (κ3) is 3.84. The summed E-state index contributed by atoms with van der Waals surface area (Å²) in [6.45, 7) is 4.58. The van der Waals surface area contributed by atoms with Crippen molar-refractivity contribution in [1.82, 2.24) is 15.1 Å². The van der Waals surface area contributed by atoms with Crippen LogP contribution >= 0.6 is 12.2 Å². The lowest BCUT2D eigenvalue weighted by Crippen LogP contribution is -2.30. The summed E-state index contributed by atoms with van der Waals surface area (Å²) in [5.41, 5.74) is 5.08. The molecule has 0 saturated carbocycles. The molecular formula is C23H22N4O2S. The highest BCUT2D eigenvalue weighted by molar-refractivity contribution is 7.80. The highest BCUT2D eigenvalue weighted by Gasteiger charge is 2.31. The number of aryl methyl sites for hydroxylation is 2. The van der Waals surface area contributed by atoms with Gasteiger partial charge in [0.25, 0.3) is 5.91 Å². The summed E-state index contributed by atoms with van der Waals surface area (Å²) in [6, 6.07) is 17.2. The molecule has 1 aliphatic heterocycles. The van der Waals surface area contributed by atoms with Crippen LogP contribution in [-0.4, -0.2) is 27.9 Å². The van der Waals surface area contributed by atoms with E-state index in [1.165, 1.54) is 4.90 Å². The lowest BCUT2D eigenvalue weighted by atomic mass is 10.1. The maximum atomic E-state index is 12.9. The minimum Gasteiger partial charge on any atom is -0.496 e. The molecule has 3 aromatic rings. The molecule has 7 heteroatoms. The predicted molar refractivity (Wildman–Crippen MR) is 121 cm³/mol. The number of nitrogens with one attached hydrogen (secondary N) is 1. The van der Waals surface area contributed by atoms with Crippen LogP contribution in [0.15, 0.2) is 60.3 Å². The van der Waals surface area contributed by atoms with Gasteiger partial charge in [-0.1, -0.05) is 24.3 Å². The highest BCUT2D eigenvalue weighted by Crippen LogP contribution is 2.25. The first-order valence-electron chi connectivity index (χ1n) is 9.56. The number of nitrogens with zero attached hydrogens (tertiary/aromatic N) is 3. The van der Waals surface area contributed by atoms with E-state index in [0.29, 0.717) is 17.4 Å². The van der Waals surface area contributed by atoms with E-state index in [2.05, 4.69) is 10.4 Å². The number of benzene rings is 2. The Bertz CT molecular complexity index is 1150. The molecule has 30 heavy (non-hydrogen) atoms. The number of aromatic nitrogens is 2. The van der Waals surface area contributed by atoms with Crippen molar-refractivity contribution in [3.8, 4) is 5.75 Å². The topological polar surface area (TPSA) is 59.4 Å². The lowest BCUT2D eigenvalue weighted by molar-refractivity contribution is -0.113. The molecule has 2 heterocycles. The predicted octanol–water partition coefficient (Wildman–Crippen LogP) is 3.82. The molecule has 1 aliphatic rings. The van der Waals surface area contributed by atoms with Crippen LogP contribution in [0.25, 0.3) is 6.08 Å². The Hall–Kier alpha value is -3.45. The summed E-state index contributed by atoms with van der Waals surface area (Å²) in [6.07, 6.45) is 1.81. The standard InChI is InChI=1S/C23H22N4O2S/c1-15-11-16(2)26(25-15)14-18-12-17(9-10-21(18)29-3)13-20-22(28)27(23(30)24-20)19-7-5-4-6-8-19/h4-13H,14H2,1-3H3,(H,24,30)/b20-13+. The molecule has 6 nitrogen and oxygen atoms in total. The molecule has 0 atom stereocenters. The monoisotopic (exact) mass is 418 g/mol. The van der Waals surface area contributed by atoms with Gasteiger partial charge in [0.1, 0.15) is 11.4 Å². The van der Waals surface area contributed by atoms with E-state index in [-0.39, 0.29) is 5.91 Å². The van der Waals surface area contributed by atoms with Crippen LogP contribution in [-0.2, 0) is 11.3 Å². The number of methoxy groups -OCH3 is 1. The molecule has 1 saturated heterocycles. The molecule has 2 aromatic carbocycles. The molecule has 0 bridgehead atoms. The second-order valence-corrected chi connectivity index (χ2v) is 7.51. The van der Waals surface area contributed by atoms with Crippen molar-refractivity contribution in [2.75, 3.05) is 12.0 Å². The number of ether oxygens (including phenoxy) is 1. The van der Waals surface area contributed by atoms with Gasteiger partial charge in [-0.15, -0.1) is 0 Å². The van der Waals surface area contributed by atoms with E-state index in [4.69, 9.17) is 17.0 Å². The number of amides is 1. The molecule has 1 amide bonds. The third-order valence-electron chi connectivity index (χ3n) is 4.93. The summed E-state index contributed by atoms with van der Waals surface area (Å²) in [7, 11) is 1.65. The van der Waals surface area contributed by atoms with Crippen LogP contribution in [0.4, 0.5) is 5.69 Å². The van der Waals surface area contributed by atoms with E-state index in [9.17, 15) is 4.79 Å². The van der Waals surface area contributed by atoms with Crippen molar-refractivity contribution in [2.45, 2.75) is 20.4 Å². The van der Waals surface area contributed by atoms with E-state index >= 15 is 0 Å². The Kier molecular flexibility index (Phi) is 5.37. The Labute approximate surface area is 180 Å². The van der Waals surface area contributed by atoms with Crippen molar-refractivity contribution in [3.05, 3.63) is 82.8 Å². The van der Waals surface area contributed by atoms with Crippen molar-refractivity contribution >= 4 is 35.0 Å². The molecule has 152 valence electrons. The van der Waals surface area contributed by atoms with Crippen LogP contribution in [0, 0.1) is 13.8 Å². The van der Waals surface area contributed by atoms with Gasteiger partial charge in [0.05, 0.1) is 25.0 Å². The van der Waals surface area contributed by atoms with Crippen LogP contribution in [0.5, 0.6) is 5.75 Å². The molecule has 0 spiro atoms. The number of hydrogen-bond acceptors (Lipinski definition) is 4. The Morgan fingerprint density at radius 2 is 1.90 bits per heavy atom. The van der Waals surface area contributed by atoms with Gasteiger partial charge in [-0.2, -0.15) is 5.10 Å². The van der Waals surface area contributed by atoms with Gasteiger partial charge in [-0.3, -0.25) is 14.4 Å². The number of rotatable bonds is 5. The molecule has 0 aliphatic carbocycles. The zero-order chi connectivity index (χ0) is 21.3. The first kappa shape index (κ1) is 19.8. The maximum Gasteiger partial charge on any atom is 0.281 e. The Morgan fingerprint density at radius 3 is 2.57 bits per heavy atom. The molecule has 0 unspecified atom stereocenters. The van der Waals surface area contributed by atoms with Crippen molar-refractivity contribution in [2.24, 2.45) is 0 Å². The van der Waals surface area contributed by atoms with Gasteiger partial charge in [0, 0.05) is 11.3 Å². The fraction of sp³-hybridized carbons (Fsp3) is 0.174. The molecule has 4 rings (SSSR count). The molecule has 1 fully saturated rings. The van der Waals surface area contributed by atoms with Gasteiger partial charge >= 0.3 is 0 Å². The third-order valence-corrected chi connectivity index (χ3v) is 5.22. The Morgan fingerprint density at radius 1 is 1.13 bits per heavy atom. The van der Waals surface area contributed by atoms with Crippen molar-refractivity contribution in [3.63, 3.8) is 0 Å². The van der Waals surface area contributed by atoms with Crippen molar-refractivity contribution in [1.29, 1.82) is 0 Å². The van der Waals surface area contributed by atoms with Crippen LogP contribution in [0.1, 0.15) is 22.5 Å². The second kappa shape index (κ2) is 8.12. The van der Waals surface area contributed by atoms with Gasteiger partial charge in [-0.05, 0) is 68.0 Å². The molecule has 1 aromatic heterocycles. The number of hydrogen-bond donors (Lipinski definition) is 1. The minimum atomic E-state index is -0.179. The smallest absolute Gasteiger partial charge is 0.281 e. The fourth-order valence-electron chi connectivity index (χ4n) is 3.52. The SMILES string of the molecule is COc1ccc(/C=C2/NC(=S)N(c3ccccc3)C2=O)cc1Cn1nc(C)cc1C. The van der Waals surface area contributed by atoms with Crippen molar-refractivity contribution < 1.29 is 9.53 Å². The van der Waals surface area contributed by atoms with Crippen LogP contribution in [0.2, 0.25) is 0 Å². The number of thiocarbonyl (C=S) groups is 1. The molecule has 1 N–H and O–H groups in total. The number of carbonyl (C=O) groups is 1. The minimum absolute atomic E-state index is 0.179. The number of carbonyl (C=O) groups excluding carboxylic acids is 1. The summed E-state index contributed by atoms with van der Waals surface area (Å²) in [4.78, 5) is 14.4. The zero-order valence-corrected chi connectivity index (χ0v) is 17.9. The molecular weight excluding hydrogens is 396 g/mol. The van der Waals surface area contributed by atoms with E-state index in [1.807, 2.05) is 79.2 Å². The zero-order valence-electron chi connectivity index (χ0n) is 17.0. The Balaban J connectivity index is 1.64. The van der Waals surface area contributed by atoms with E-state index < -0.39 is 0 Å². The fourth-order valence-corrected chi connectivity index (χ4v) is 3.82.